The molecule has 1 saturated heterocycles. The molecule has 1 aliphatic heterocycles. The third kappa shape index (κ3) is 2.90. The molecule has 0 aromatic heterocycles. The third-order valence-corrected chi connectivity index (χ3v) is 5.24. The van der Waals surface area contributed by atoms with E-state index in [1.54, 1.807) is 0 Å². The molecule has 3 nitrogen and oxygen atoms in total. The largest absolute Gasteiger partial charge is 0.495 e. The Morgan fingerprint density at radius 3 is 2.21 bits per heavy atom. The predicted molar refractivity (Wildman–Crippen MR) is 98.0 cm³/mol. The highest BCUT2D eigenvalue weighted by atomic mass is 35.5. The highest BCUT2D eigenvalue weighted by molar-refractivity contribution is 6.63. The number of halogens is 1. The molecule has 1 aliphatic rings. The van der Waals surface area contributed by atoms with E-state index in [0.717, 1.165) is 22.9 Å². The summed E-state index contributed by atoms with van der Waals surface area (Å²) in [7, 11) is -0.560. The van der Waals surface area contributed by atoms with Gasteiger partial charge in [0.2, 0.25) is 0 Å². The molecule has 124 valence electrons. The summed E-state index contributed by atoms with van der Waals surface area (Å²) < 4.78 is 12.1. The highest BCUT2D eigenvalue weighted by Gasteiger charge is 2.52. The van der Waals surface area contributed by atoms with E-state index in [-0.39, 0.29) is 0 Å². The van der Waals surface area contributed by atoms with E-state index in [2.05, 4.69) is 0 Å². The SMILES string of the molecule is CC1(C)OB(c2ccc(-c3ccccc3Cl)cc2C=O)OC1(C)C. The quantitative estimate of drug-likeness (QED) is 0.622. The molecule has 0 saturated carbocycles. The van der Waals surface area contributed by atoms with Crippen LogP contribution < -0.4 is 5.46 Å². The van der Waals surface area contributed by atoms with Crippen LogP contribution in [0.4, 0.5) is 0 Å². The van der Waals surface area contributed by atoms with E-state index in [1.807, 2.05) is 70.2 Å². The van der Waals surface area contributed by atoms with E-state index in [9.17, 15) is 4.79 Å². The van der Waals surface area contributed by atoms with Crippen LogP contribution in [-0.2, 0) is 9.31 Å². The fourth-order valence-corrected chi connectivity index (χ4v) is 2.97. The van der Waals surface area contributed by atoms with Crippen LogP contribution >= 0.6 is 11.6 Å². The van der Waals surface area contributed by atoms with Crippen molar-refractivity contribution in [1.29, 1.82) is 0 Å². The Labute approximate surface area is 148 Å². The van der Waals surface area contributed by atoms with Gasteiger partial charge in [-0.25, -0.2) is 0 Å². The van der Waals surface area contributed by atoms with Gasteiger partial charge in [0.1, 0.15) is 6.29 Å². The van der Waals surface area contributed by atoms with Crippen LogP contribution in [0.2, 0.25) is 5.02 Å². The lowest BCUT2D eigenvalue weighted by atomic mass is 9.75. The topological polar surface area (TPSA) is 35.5 Å². The second kappa shape index (κ2) is 6.03. The zero-order valence-corrected chi connectivity index (χ0v) is 15.1. The molecule has 2 aromatic carbocycles. The Kier molecular flexibility index (Phi) is 4.33. The van der Waals surface area contributed by atoms with Gasteiger partial charge in [0.05, 0.1) is 11.2 Å². The van der Waals surface area contributed by atoms with Gasteiger partial charge in [-0.05, 0) is 50.9 Å². The average molecular weight is 343 g/mol. The zero-order chi connectivity index (χ0) is 17.5. The summed E-state index contributed by atoms with van der Waals surface area (Å²) in [5, 5.41) is 0.651. The second-order valence-electron chi connectivity index (χ2n) is 7.03. The van der Waals surface area contributed by atoms with Gasteiger partial charge >= 0.3 is 7.12 Å². The van der Waals surface area contributed by atoms with E-state index >= 15 is 0 Å². The van der Waals surface area contributed by atoms with Crippen molar-refractivity contribution in [3.8, 4) is 11.1 Å². The molecule has 0 amide bonds. The number of aldehydes is 1. The van der Waals surface area contributed by atoms with Gasteiger partial charge < -0.3 is 9.31 Å². The first-order chi connectivity index (χ1) is 11.2. The van der Waals surface area contributed by atoms with E-state index in [1.165, 1.54) is 0 Å². The van der Waals surface area contributed by atoms with E-state index in [4.69, 9.17) is 20.9 Å². The van der Waals surface area contributed by atoms with Crippen LogP contribution in [0.25, 0.3) is 11.1 Å². The Bertz CT molecular complexity index is 770. The smallest absolute Gasteiger partial charge is 0.399 e. The first kappa shape index (κ1) is 17.2. The van der Waals surface area contributed by atoms with Crippen molar-refractivity contribution in [2.45, 2.75) is 38.9 Å². The average Bonchev–Trinajstić information content (AvgIpc) is 2.75. The van der Waals surface area contributed by atoms with Gasteiger partial charge in [0.25, 0.3) is 0 Å². The van der Waals surface area contributed by atoms with Crippen molar-refractivity contribution >= 4 is 30.5 Å². The molecule has 24 heavy (non-hydrogen) atoms. The predicted octanol–water partition coefficient (Wildman–Crippen LogP) is 4.12. The number of carbonyl (C=O) groups is 1. The van der Waals surface area contributed by atoms with Crippen molar-refractivity contribution in [3.63, 3.8) is 0 Å². The molecular formula is C19H20BClO3. The van der Waals surface area contributed by atoms with Crippen molar-refractivity contribution < 1.29 is 14.1 Å². The molecule has 0 aliphatic carbocycles. The Balaban J connectivity index is 2.00. The minimum atomic E-state index is -0.560. The minimum Gasteiger partial charge on any atom is -0.399 e. The lowest BCUT2D eigenvalue weighted by Crippen LogP contribution is -2.41. The molecule has 2 aromatic rings. The molecule has 0 unspecified atom stereocenters. The van der Waals surface area contributed by atoms with E-state index < -0.39 is 18.3 Å². The maximum absolute atomic E-state index is 11.6. The van der Waals surface area contributed by atoms with Crippen molar-refractivity contribution in [2.75, 3.05) is 0 Å². The first-order valence-electron chi connectivity index (χ1n) is 7.95. The molecule has 0 N–H and O–H groups in total. The van der Waals surface area contributed by atoms with Crippen LogP contribution in [-0.4, -0.2) is 24.6 Å². The highest BCUT2D eigenvalue weighted by Crippen LogP contribution is 2.37. The normalized spacial score (nSPS) is 18.6. The monoisotopic (exact) mass is 342 g/mol. The Morgan fingerprint density at radius 1 is 1.00 bits per heavy atom. The number of carbonyl (C=O) groups excluding carboxylic acids is 1. The lowest BCUT2D eigenvalue weighted by molar-refractivity contribution is 0.00578. The maximum atomic E-state index is 11.6. The Hall–Kier alpha value is -1.62. The van der Waals surface area contributed by atoms with Crippen LogP contribution in [0.5, 0.6) is 0 Å². The van der Waals surface area contributed by atoms with Gasteiger partial charge in [-0.3, -0.25) is 4.79 Å². The van der Waals surface area contributed by atoms with Crippen LogP contribution in [0.15, 0.2) is 42.5 Å². The van der Waals surface area contributed by atoms with Crippen molar-refractivity contribution in [2.24, 2.45) is 0 Å². The minimum absolute atomic E-state index is 0.445. The number of rotatable bonds is 3. The Morgan fingerprint density at radius 2 is 1.62 bits per heavy atom. The summed E-state index contributed by atoms with van der Waals surface area (Å²) in [6, 6.07) is 13.2. The lowest BCUT2D eigenvalue weighted by Gasteiger charge is -2.32. The van der Waals surface area contributed by atoms with Crippen molar-refractivity contribution in [3.05, 3.63) is 53.1 Å². The molecule has 0 atom stereocenters. The second-order valence-corrected chi connectivity index (χ2v) is 7.44. The summed E-state index contributed by atoms with van der Waals surface area (Å²) >= 11 is 6.26. The molecule has 0 radical (unpaired) electrons. The number of benzene rings is 2. The maximum Gasteiger partial charge on any atom is 0.495 e. The first-order valence-corrected chi connectivity index (χ1v) is 8.33. The van der Waals surface area contributed by atoms with Gasteiger partial charge in [-0.1, -0.05) is 41.9 Å². The van der Waals surface area contributed by atoms with E-state index in [0.29, 0.717) is 10.6 Å². The molecule has 0 spiro atoms. The summed E-state index contributed by atoms with van der Waals surface area (Å²) in [6.45, 7) is 7.97. The summed E-state index contributed by atoms with van der Waals surface area (Å²) in [6.07, 6.45) is 0.834. The number of hydrogen-bond acceptors (Lipinski definition) is 3. The van der Waals surface area contributed by atoms with Crippen LogP contribution in [0, 0.1) is 0 Å². The van der Waals surface area contributed by atoms with Crippen LogP contribution in [0.1, 0.15) is 38.1 Å². The molecule has 5 heteroatoms. The third-order valence-electron chi connectivity index (χ3n) is 4.91. The molecule has 3 rings (SSSR count). The van der Waals surface area contributed by atoms with Gasteiger partial charge in [-0.15, -0.1) is 0 Å². The number of hydrogen-bond donors (Lipinski definition) is 0. The zero-order valence-electron chi connectivity index (χ0n) is 14.3. The molecule has 1 heterocycles. The fraction of sp³-hybridized carbons (Fsp3) is 0.316. The van der Waals surface area contributed by atoms with Crippen LogP contribution in [0.3, 0.4) is 0 Å². The van der Waals surface area contributed by atoms with Gasteiger partial charge in [0, 0.05) is 16.1 Å². The van der Waals surface area contributed by atoms with Gasteiger partial charge in [0.15, 0.2) is 0 Å². The molecule has 0 bridgehead atoms. The standard InChI is InChI=1S/C19H20BClO3/c1-18(2)19(3,4)24-20(23-18)16-10-9-13(11-14(16)12-22)15-7-5-6-8-17(15)21/h5-12H,1-4H3. The summed E-state index contributed by atoms with van der Waals surface area (Å²) in [5.74, 6) is 0. The van der Waals surface area contributed by atoms with Crippen molar-refractivity contribution in [1.82, 2.24) is 0 Å². The molecular weight excluding hydrogens is 322 g/mol. The van der Waals surface area contributed by atoms with Gasteiger partial charge in [-0.2, -0.15) is 0 Å². The fourth-order valence-electron chi connectivity index (χ4n) is 2.72. The molecule has 1 fully saturated rings. The summed E-state index contributed by atoms with van der Waals surface area (Å²) in [5.41, 5.74) is 2.18. The summed E-state index contributed by atoms with van der Waals surface area (Å²) in [4.78, 5) is 11.6.